The predicted octanol–water partition coefficient (Wildman–Crippen LogP) is 1.50. The average molecular weight is 276 g/mol. The van der Waals surface area contributed by atoms with Crippen LogP contribution >= 0.6 is 0 Å². The fourth-order valence-corrected chi connectivity index (χ4v) is 2.12. The van der Waals surface area contributed by atoms with Gasteiger partial charge in [0.25, 0.3) is 0 Å². The second-order valence-electron chi connectivity index (χ2n) is 4.25. The number of carbonyl (C=O) groups is 2. The maximum absolute atomic E-state index is 11.8. The van der Waals surface area contributed by atoms with Crippen molar-refractivity contribution in [3.8, 4) is 11.5 Å². The van der Waals surface area contributed by atoms with Crippen molar-refractivity contribution in [2.75, 3.05) is 13.4 Å². The van der Waals surface area contributed by atoms with Gasteiger partial charge < -0.3 is 18.9 Å². The molecular formula is C14H12O6. The van der Waals surface area contributed by atoms with E-state index in [-0.39, 0.29) is 19.0 Å². The van der Waals surface area contributed by atoms with Crippen molar-refractivity contribution in [3.63, 3.8) is 0 Å². The average Bonchev–Trinajstić information content (AvgIpc) is 3.04. The number of benzene rings is 1. The minimum absolute atomic E-state index is 0.157. The SMILES string of the molecule is CCOC(=O)C1=CC(=O)OC1c1ccc2c(c1)OCO2. The van der Waals surface area contributed by atoms with Gasteiger partial charge in [0.1, 0.15) is 0 Å². The Morgan fingerprint density at radius 2 is 2.15 bits per heavy atom. The lowest BCUT2D eigenvalue weighted by molar-refractivity contribution is -0.141. The maximum atomic E-state index is 11.8. The van der Waals surface area contributed by atoms with E-state index in [0.717, 1.165) is 6.08 Å². The molecule has 6 heteroatoms. The topological polar surface area (TPSA) is 71.1 Å². The van der Waals surface area contributed by atoms with E-state index in [0.29, 0.717) is 17.1 Å². The molecule has 0 aliphatic carbocycles. The first-order valence-electron chi connectivity index (χ1n) is 6.18. The van der Waals surface area contributed by atoms with Crippen LogP contribution in [0.3, 0.4) is 0 Å². The van der Waals surface area contributed by atoms with E-state index in [2.05, 4.69) is 0 Å². The molecule has 0 aromatic heterocycles. The van der Waals surface area contributed by atoms with Gasteiger partial charge in [-0.1, -0.05) is 6.07 Å². The number of hydrogen-bond acceptors (Lipinski definition) is 6. The van der Waals surface area contributed by atoms with Crippen molar-refractivity contribution >= 4 is 11.9 Å². The summed E-state index contributed by atoms with van der Waals surface area (Å²) in [5.41, 5.74) is 0.829. The van der Waals surface area contributed by atoms with E-state index in [1.165, 1.54) is 0 Å². The lowest BCUT2D eigenvalue weighted by atomic mass is 10.0. The lowest BCUT2D eigenvalue weighted by Crippen LogP contribution is -2.13. The molecule has 0 saturated carbocycles. The first-order valence-corrected chi connectivity index (χ1v) is 6.18. The van der Waals surface area contributed by atoms with Crippen LogP contribution in [0.15, 0.2) is 29.8 Å². The fraction of sp³-hybridized carbons (Fsp3) is 0.286. The van der Waals surface area contributed by atoms with Crippen LogP contribution < -0.4 is 9.47 Å². The van der Waals surface area contributed by atoms with Gasteiger partial charge in [-0.2, -0.15) is 0 Å². The highest BCUT2D eigenvalue weighted by Crippen LogP contribution is 2.38. The molecule has 0 amide bonds. The van der Waals surface area contributed by atoms with Crippen molar-refractivity contribution < 1.29 is 28.5 Å². The summed E-state index contributed by atoms with van der Waals surface area (Å²) < 4.78 is 20.6. The van der Waals surface area contributed by atoms with Gasteiger partial charge in [-0.05, 0) is 19.1 Å². The van der Waals surface area contributed by atoms with Crippen LogP contribution in [0.5, 0.6) is 11.5 Å². The molecule has 2 aliphatic rings. The highest BCUT2D eigenvalue weighted by Gasteiger charge is 2.34. The molecule has 0 spiro atoms. The number of esters is 2. The molecule has 2 aliphatic heterocycles. The Balaban J connectivity index is 1.91. The monoisotopic (exact) mass is 276 g/mol. The highest BCUT2D eigenvalue weighted by atomic mass is 16.7. The summed E-state index contributed by atoms with van der Waals surface area (Å²) >= 11 is 0. The van der Waals surface area contributed by atoms with Crippen molar-refractivity contribution in [2.45, 2.75) is 13.0 Å². The zero-order valence-corrected chi connectivity index (χ0v) is 10.8. The number of carbonyl (C=O) groups excluding carboxylic acids is 2. The molecule has 2 heterocycles. The van der Waals surface area contributed by atoms with E-state index >= 15 is 0 Å². The Morgan fingerprint density at radius 1 is 1.35 bits per heavy atom. The Morgan fingerprint density at radius 3 is 2.95 bits per heavy atom. The third-order valence-electron chi connectivity index (χ3n) is 3.00. The van der Waals surface area contributed by atoms with Gasteiger partial charge in [0.15, 0.2) is 17.6 Å². The van der Waals surface area contributed by atoms with Crippen LogP contribution in [0.2, 0.25) is 0 Å². The molecule has 104 valence electrons. The van der Waals surface area contributed by atoms with E-state index in [4.69, 9.17) is 18.9 Å². The van der Waals surface area contributed by atoms with Crippen LogP contribution in [0.1, 0.15) is 18.6 Å². The van der Waals surface area contributed by atoms with E-state index in [1.54, 1.807) is 25.1 Å². The zero-order chi connectivity index (χ0) is 14.1. The summed E-state index contributed by atoms with van der Waals surface area (Å²) in [5, 5.41) is 0. The van der Waals surface area contributed by atoms with E-state index < -0.39 is 18.0 Å². The van der Waals surface area contributed by atoms with Crippen LogP contribution in [-0.2, 0) is 19.1 Å². The molecule has 0 saturated heterocycles. The van der Waals surface area contributed by atoms with Crippen LogP contribution in [-0.4, -0.2) is 25.3 Å². The van der Waals surface area contributed by atoms with Crippen molar-refractivity contribution in [1.29, 1.82) is 0 Å². The third kappa shape index (κ3) is 2.09. The summed E-state index contributed by atoms with van der Waals surface area (Å²) in [5.74, 6) is 0.0742. The molecule has 1 aromatic carbocycles. The smallest absolute Gasteiger partial charge is 0.338 e. The number of rotatable bonds is 3. The Kier molecular flexibility index (Phi) is 3.06. The molecular weight excluding hydrogens is 264 g/mol. The molecule has 0 radical (unpaired) electrons. The quantitative estimate of drug-likeness (QED) is 0.779. The van der Waals surface area contributed by atoms with Crippen LogP contribution in [0.4, 0.5) is 0 Å². The van der Waals surface area contributed by atoms with Gasteiger partial charge in [-0.3, -0.25) is 0 Å². The highest BCUT2D eigenvalue weighted by molar-refractivity contribution is 6.00. The summed E-state index contributed by atoms with van der Waals surface area (Å²) in [6, 6.07) is 5.13. The summed E-state index contributed by atoms with van der Waals surface area (Å²) in [4.78, 5) is 23.2. The minimum Gasteiger partial charge on any atom is -0.463 e. The predicted molar refractivity (Wildman–Crippen MR) is 66.1 cm³/mol. The summed E-state index contributed by atoms with van der Waals surface area (Å²) in [6.07, 6.45) is 0.392. The van der Waals surface area contributed by atoms with Gasteiger partial charge in [-0.15, -0.1) is 0 Å². The number of cyclic esters (lactones) is 1. The van der Waals surface area contributed by atoms with Gasteiger partial charge in [0, 0.05) is 11.6 Å². The normalized spacial score (nSPS) is 19.6. The Bertz CT molecular complexity index is 604. The van der Waals surface area contributed by atoms with Crippen LogP contribution in [0, 0.1) is 0 Å². The lowest BCUT2D eigenvalue weighted by Gasteiger charge is -2.14. The van der Waals surface area contributed by atoms with Gasteiger partial charge in [-0.25, -0.2) is 9.59 Å². The molecule has 0 N–H and O–H groups in total. The first-order chi connectivity index (χ1) is 9.69. The van der Waals surface area contributed by atoms with Crippen molar-refractivity contribution in [3.05, 3.63) is 35.4 Å². The number of hydrogen-bond donors (Lipinski definition) is 0. The summed E-state index contributed by atoms with van der Waals surface area (Å²) in [7, 11) is 0. The molecule has 1 unspecified atom stereocenters. The van der Waals surface area contributed by atoms with Gasteiger partial charge >= 0.3 is 11.9 Å². The Labute approximate surface area is 114 Å². The van der Waals surface area contributed by atoms with Crippen LogP contribution in [0.25, 0.3) is 0 Å². The molecule has 1 atom stereocenters. The summed E-state index contributed by atoms with van der Waals surface area (Å²) in [6.45, 7) is 2.09. The van der Waals surface area contributed by atoms with E-state index in [1.807, 2.05) is 0 Å². The molecule has 1 aromatic rings. The number of ether oxygens (including phenoxy) is 4. The third-order valence-corrected chi connectivity index (χ3v) is 3.00. The molecule has 6 nitrogen and oxygen atoms in total. The Hall–Kier alpha value is -2.50. The maximum Gasteiger partial charge on any atom is 0.338 e. The molecule has 0 fully saturated rings. The zero-order valence-electron chi connectivity index (χ0n) is 10.8. The first kappa shape index (κ1) is 12.5. The van der Waals surface area contributed by atoms with Gasteiger partial charge in [0.05, 0.1) is 12.2 Å². The van der Waals surface area contributed by atoms with E-state index in [9.17, 15) is 9.59 Å². The fourth-order valence-electron chi connectivity index (χ4n) is 2.12. The largest absolute Gasteiger partial charge is 0.463 e. The number of fused-ring (bicyclic) bond motifs is 1. The minimum atomic E-state index is -0.768. The van der Waals surface area contributed by atoms with Crippen molar-refractivity contribution in [1.82, 2.24) is 0 Å². The van der Waals surface area contributed by atoms with Gasteiger partial charge in [0.2, 0.25) is 6.79 Å². The molecule has 3 rings (SSSR count). The second-order valence-corrected chi connectivity index (χ2v) is 4.25. The second kappa shape index (κ2) is 4.88. The van der Waals surface area contributed by atoms with Crippen molar-refractivity contribution in [2.24, 2.45) is 0 Å². The standard InChI is InChI=1S/C14H12O6/c1-2-17-14(16)9-6-12(15)20-13(9)8-3-4-10-11(5-8)19-7-18-10/h3-6,13H,2,7H2,1H3. The molecule has 0 bridgehead atoms. The molecule has 20 heavy (non-hydrogen) atoms.